The fourth-order valence-corrected chi connectivity index (χ4v) is 8.16. The summed E-state index contributed by atoms with van der Waals surface area (Å²) in [7, 11) is 0. The average molecular weight is 721 g/mol. The predicted octanol–water partition coefficient (Wildman–Crippen LogP) is 15.1. The molecule has 0 saturated carbocycles. The molecule has 0 amide bonds. The van der Waals surface area contributed by atoms with Gasteiger partial charge in [-0.05, 0) is 130 Å². The molecule has 0 aromatic heterocycles. The quantitative estimate of drug-likeness (QED) is 0.137. The van der Waals surface area contributed by atoms with Gasteiger partial charge in [0.25, 0.3) is 0 Å². The van der Waals surface area contributed by atoms with Crippen molar-refractivity contribution in [1.29, 1.82) is 0 Å². The molecule has 0 saturated heterocycles. The largest absolute Gasteiger partial charge is 0.311 e. The maximum atomic E-state index is 2.41. The zero-order valence-corrected chi connectivity index (χ0v) is 32.1. The second kappa shape index (κ2) is 14.7. The van der Waals surface area contributed by atoms with Crippen molar-refractivity contribution in [2.24, 2.45) is 0 Å². The van der Waals surface area contributed by atoms with Gasteiger partial charge in [0, 0.05) is 39.5 Å². The summed E-state index contributed by atoms with van der Waals surface area (Å²) < 4.78 is 0. The van der Waals surface area contributed by atoms with Gasteiger partial charge in [-0.3, -0.25) is 0 Å². The normalized spacial score (nSPS) is 12.6. The summed E-state index contributed by atoms with van der Waals surface area (Å²) in [5.74, 6) is 0. The summed E-state index contributed by atoms with van der Waals surface area (Å²) in [5.41, 5.74) is 18.0. The van der Waals surface area contributed by atoms with E-state index in [1.807, 2.05) is 0 Å². The molecule has 270 valence electrons. The van der Waals surface area contributed by atoms with Crippen molar-refractivity contribution in [2.75, 3.05) is 9.80 Å². The van der Waals surface area contributed by atoms with Crippen LogP contribution in [0.5, 0.6) is 0 Å². The summed E-state index contributed by atoms with van der Waals surface area (Å²) in [4.78, 5) is 4.68. The van der Waals surface area contributed by atoms with Crippen molar-refractivity contribution < 1.29 is 0 Å². The summed E-state index contributed by atoms with van der Waals surface area (Å²) in [6.07, 6.45) is 4.46. The third-order valence-electron chi connectivity index (χ3n) is 11.1. The van der Waals surface area contributed by atoms with Gasteiger partial charge in [-0.1, -0.05) is 153 Å². The third kappa shape index (κ3) is 6.71. The van der Waals surface area contributed by atoms with E-state index in [1.165, 1.54) is 44.5 Å². The lowest BCUT2D eigenvalue weighted by atomic mass is 9.81. The number of nitrogens with zero attached hydrogens (tertiary/aromatic N) is 2. The van der Waals surface area contributed by atoms with Gasteiger partial charge in [0.2, 0.25) is 0 Å². The zero-order chi connectivity index (χ0) is 38.1. The molecular formula is C54H44N2. The predicted molar refractivity (Wildman–Crippen MR) is 239 cm³/mol. The Morgan fingerprint density at radius 1 is 0.357 bits per heavy atom. The molecule has 0 aliphatic heterocycles. The minimum absolute atomic E-state index is 0.167. The minimum atomic E-state index is -0.167. The average Bonchev–Trinajstić information content (AvgIpc) is 3.47. The van der Waals surface area contributed by atoms with Crippen LogP contribution in [0.4, 0.5) is 34.1 Å². The van der Waals surface area contributed by atoms with Gasteiger partial charge >= 0.3 is 0 Å². The first-order valence-corrected chi connectivity index (χ1v) is 19.4. The van der Waals surface area contributed by atoms with Crippen molar-refractivity contribution in [2.45, 2.75) is 26.2 Å². The summed E-state index contributed by atoms with van der Waals surface area (Å²) in [6.45, 7) is 6.89. The summed E-state index contributed by atoms with van der Waals surface area (Å²) >= 11 is 0. The lowest BCUT2D eigenvalue weighted by Gasteiger charge is -2.28. The lowest BCUT2D eigenvalue weighted by Crippen LogP contribution is -2.16. The number of hydrogen-bond donors (Lipinski definition) is 0. The first kappa shape index (κ1) is 34.8. The first-order chi connectivity index (χ1) is 27.4. The highest BCUT2D eigenvalue weighted by molar-refractivity contribution is 5.87. The molecule has 56 heavy (non-hydrogen) atoms. The number of aryl methyl sites for hydroxylation is 1. The Morgan fingerprint density at radius 2 is 0.786 bits per heavy atom. The Morgan fingerprint density at radius 3 is 1.41 bits per heavy atom. The number of anilines is 6. The maximum absolute atomic E-state index is 2.41. The van der Waals surface area contributed by atoms with E-state index in [0.29, 0.717) is 0 Å². The molecule has 0 unspecified atom stereocenters. The number of benzene rings is 8. The molecule has 1 aliphatic rings. The van der Waals surface area contributed by atoms with E-state index >= 15 is 0 Å². The second-order valence-corrected chi connectivity index (χ2v) is 15.2. The Hall–Kier alpha value is -6.90. The highest BCUT2D eigenvalue weighted by Gasteiger charge is 2.36. The SMILES string of the molecule is Cc1cccc(N(c2ccc(-c3ccccc3)cc2)c2ccc3c(c2)C(C)(C)c2cc(/C=C/c4ccc(N(c5ccccc5)c5ccccc5)cc4)ccc2-3)c1. The van der Waals surface area contributed by atoms with Gasteiger partial charge in [0.05, 0.1) is 0 Å². The van der Waals surface area contributed by atoms with Gasteiger partial charge in [0.1, 0.15) is 0 Å². The number of rotatable bonds is 9. The molecule has 0 spiro atoms. The van der Waals surface area contributed by atoms with Crippen molar-refractivity contribution >= 4 is 46.3 Å². The van der Waals surface area contributed by atoms with E-state index in [-0.39, 0.29) is 5.41 Å². The highest BCUT2D eigenvalue weighted by atomic mass is 15.1. The molecule has 2 nitrogen and oxygen atoms in total. The Balaban J connectivity index is 1.00. The molecule has 1 aliphatic carbocycles. The zero-order valence-electron chi connectivity index (χ0n) is 32.1. The number of fused-ring (bicyclic) bond motifs is 3. The Kier molecular flexibility index (Phi) is 9.17. The fourth-order valence-electron chi connectivity index (χ4n) is 8.16. The molecule has 0 atom stereocenters. The monoisotopic (exact) mass is 720 g/mol. The van der Waals surface area contributed by atoms with Gasteiger partial charge in [-0.25, -0.2) is 0 Å². The van der Waals surface area contributed by atoms with E-state index in [0.717, 1.165) is 39.7 Å². The Bertz CT molecular complexity index is 2600. The van der Waals surface area contributed by atoms with Crippen LogP contribution in [-0.2, 0) is 5.41 Å². The standard InChI is InChI=1S/C54H44N2/c1-39-14-13-21-48(36-39)56(47-31-27-43(28-32-47)42-15-7-4-8-16-42)49-33-35-51-50-34-26-41(37-52(50)54(2,3)53(51)38-49)23-22-40-24-29-46(30-25-40)55(44-17-9-5-10-18-44)45-19-11-6-12-20-45/h4-38H,1-3H3/b23-22+. The summed E-state index contributed by atoms with van der Waals surface area (Å²) in [6, 6.07) is 72.2. The van der Waals surface area contributed by atoms with Crippen molar-refractivity contribution in [3.05, 3.63) is 228 Å². The van der Waals surface area contributed by atoms with E-state index in [2.05, 4.69) is 243 Å². The van der Waals surface area contributed by atoms with Crippen LogP contribution in [0.25, 0.3) is 34.4 Å². The van der Waals surface area contributed by atoms with E-state index < -0.39 is 0 Å². The van der Waals surface area contributed by atoms with Crippen molar-refractivity contribution in [3.63, 3.8) is 0 Å². The molecule has 2 heteroatoms. The van der Waals surface area contributed by atoms with Crippen LogP contribution in [0.1, 0.15) is 41.7 Å². The van der Waals surface area contributed by atoms with Crippen LogP contribution in [0.2, 0.25) is 0 Å². The first-order valence-electron chi connectivity index (χ1n) is 19.4. The number of para-hydroxylation sites is 2. The van der Waals surface area contributed by atoms with Gasteiger partial charge in [0.15, 0.2) is 0 Å². The van der Waals surface area contributed by atoms with Crippen LogP contribution in [0.3, 0.4) is 0 Å². The molecule has 8 aromatic rings. The van der Waals surface area contributed by atoms with Gasteiger partial charge in [-0.2, -0.15) is 0 Å². The van der Waals surface area contributed by atoms with Gasteiger partial charge < -0.3 is 9.80 Å². The molecule has 0 N–H and O–H groups in total. The van der Waals surface area contributed by atoms with Crippen molar-refractivity contribution in [1.82, 2.24) is 0 Å². The second-order valence-electron chi connectivity index (χ2n) is 15.2. The van der Waals surface area contributed by atoms with Gasteiger partial charge in [-0.15, -0.1) is 0 Å². The topological polar surface area (TPSA) is 6.48 Å². The van der Waals surface area contributed by atoms with Crippen LogP contribution < -0.4 is 9.80 Å². The highest BCUT2D eigenvalue weighted by Crippen LogP contribution is 2.51. The fraction of sp³-hybridized carbons (Fsp3) is 0.0741. The summed E-state index contributed by atoms with van der Waals surface area (Å²) in [5, 5.41) is 0. The Labute approximate surface area is 331 Å². The van der Waals surface area contributed by atoms with Crippen LogP contribution in [0, 0.1) is 6.92 Å². The molecule has 9 rings (SSSR count). The third-order valence-corrected chi connectivity index (χ3v) is 11.1. The molecule has 0 bridgehead atoms. The van der Waals surface area contributed by atoms with Crippen molar-refractivity contribution in [3.8, 4) is 22.3 Å². The molecule has 8 aromatic carbocycles. The van der Waals surface area contributed by atoms with Crippen LogP contribution in [-0.4, -0.2) is 0 Å². The minimum Gasteiger partial charge on any atom is -0.311 e. The molecule has 0 radical (unpaired) electrons. The molecule has 0 fully saturated rings. The van der Waals surface area contributed by atoms with Crippen LogP contribution in [0.15, 0.2) is 200 Å². The molecular weight excluding hydrogens is 677 g/mol. The van der Waals surface area contributed by atoms with E-state index in [4.69, 9.17) is 0 Å². The van der Waals surface area contributed by atoms with E-state index in [1.54, 1.807) is 0 Å². The number of hydrogen-bond acceptors (Lipinski definition) is 2. The smallest absolute Gasteiger partial charge is 0.0465 e. The maximum Gasteiger partial charge on any atom is 0.0465 e. The molecule has 0 heterocycles. The lowest BCUT2D eigenvalue weighted by molar-refractivity contribution is 0.660. The van der Waals surface area contributed by atoms with E-state index in [9.17, 15) is 0 Å². The van der Waals surface area contributed by atoms with Crippen LogP contribution >= 0.6 is 0 Å².